The molecule has 2 rings (SSSR count). The number of hydrogen-bond donors (Lipinski definition) is 1. The number of benzene rings is 1. The molecule has 1 amide bonds. The van der Waals surface area contributed by atoms with Crippen molar-refractivity contribution in [2.75, 3.05) is 25.0 Å². The Hall–Kier alpha value is -2.41. The topological polar surface area (TPSA) is 73.7 Å². The third-order valence-corrected chi connectivity index (χ3v) is 5.10. The Balaban J connectivity index is 2.08. The van der Waals surface area contributed by atoms with Crippen molar-refractivity contribution in [2.24, 2.45) is 0 Å². The first-order chi connectivity index (χ1) is 11.8. The number of aromatic nitrogens is 1. The van der Waals surface area contributed by atoms with E-state index in [1.165, 1.54) is 16.8 Å². The summed E-state index contributed by atoms with van der Waals surface area (Å²) in [5.41, 5.74) is 2.61. The highest BCUT2D eigenvalue weighted by atomic mass is 32.1. The number of carboxylic acids is 1. The molecule has 0 saturated carbocycles. The normalized spacial score (nSPS) is 10.6. The molecule has 0 unspecified atom stereocenters. The van der Waals surface area contributed by atoms with Crippen LogP contribution in [0.1, 0.15) is 33.4 Å². The summed E-state index contributed by atoms with van der Waals surface area (Å²) >= 11 is 1.68. The minimum absolute atomic E-state index is 0.299. The van der Waals surface area contributed by atoms with Crippen LogP contribution in [-0.2, 0) is 11.3 Å². The van der Waals surface area contributed by atoms with Crippen LogP contribution in [0, 0.1) is 13.8 Å². The lowest BCUT2D eigenvalue weighted by molar-refractivity contribution is -0.137. The van der Waals surface area contributed by atoms with Gasteiger partial charge in [-0.15, -0.1) is 11.3 Å². The SMILES string of the molecule is CCN(Cc1ccc(C(=O)N(C)CC(=O)O)cc1)c1nc(C)c(C)s1. The molecule has 134 valence electrons. The quantitative estimate of drug-likeness (QED) is 0.821. The standard InChI is InChI=1S/C18H23N3O3S/c1-5-21(18-19-12(2)13(3)25-18)10-14-6-8-15(9-7-14)17(24)20(4)11-16(22)23/h6-9H,5,10-11H2,1-4H3,(H,22,23). The van der Waals surface area contributed by atoms with Crippen LogP contribution in [-0.4, -0.2) is 47.0 Å². The van der Waals surface area contributed by atoms with Gasteiger partial charge in [0, 0.05) is 30.6 Å². The second-order valence-corrected chi connectivity index (χ2v) is 7.09. The Bertz CT molecular complexity index is 736. The summed E-state index contributed by atoms with van der Waals surface area (Å²) < 4.78 is 0. The van der Waals surface area contributed by atoms with Crippen LogP contribution in [0.2, 0.25) is 0 Å². The first-order valence-electron chi connectivity index (χ1n) is 8.07. The van der Waals surface area contributed by atoms with Gasteiger partial charge in [0.25, 0.3) is 5.91 Å². The highest BCUT2D eigenvalue weighted by Crippen LogP contribution is 2.26. The van der Waals surface area contributed by atoms with E-state index in [1.54, 1.807) is 23.5 Å². The molecule has 1 N–H and O–H groups in total. The molecule has 0 atom stereocenters. The van der Waals surface area contributed by atoms with E-state index in [2.05, 4.69) is 23.7 Å². The summed E-state index contributed by atoms with van der Waals surface area (Å²) in [7, 11) is 1.48. The lowest BCUT2D eigenvalue weighted by Gasteiger charge is -2.20. The maximum atomic E-state index is 12.2. The summed E-state index contributed by atoms with van der Waals surface area (Å²) in [6.07, 6.45) is 0. The first-order valence-corrected chi connectivity index (χ1v) is 8.88. The number of hydrogen-bond acceptors (Lipinski definition) is 5. The number of aryl methyl sites for hydroxylation is 2. The van der Waals surface area contributed by atoms with Gasteiger partial charge in [-0.25, -0.2) is 4.98 Å². The predicted octanol–water partition coefficient (Wildman–Crippen LogP) is 2.94. The Kier molecular flexibility index (Phi) is 6.14. The van der Waals surface area contributed by atoms with Crippen molar-refractivity contribution in [3.8, 4) is 0 Å². The van der Waals surface area contributed by atoms with Gasteiger partial charge in [-0.1, -0.05) is 12.1 Å². The van der Waals surface area contributed by atoms with Crippen LogP contribution in [0.3, 0.4) is 0 Å². The summed E-state index contributed by atoms with van der Waals surface area (Å²) in [4.78, 5) is 32.1. The van der Waals surface area contributed by atoms with Crippen molar-refractivity contribution in [1.29, 1.82) is 0 Å². The van der Waals surface area contributed by atoms with Crippen LogP contribution in [0.25, 0.3) is 0 Å². The largest absolute Gasteiger partial charge is 0.480 e. The molecular formula is C18H23N3O3S. The number of likely N-dealkylation sites (N-methyl/N-ethyl adjacent to an activating group) is 1. The van der Waals surface area contributed by atoms with E-state index >= 15 is 0 Å². The maximum Gasteiger partial charge on any atom is 0.323 e. The number of carboxylic acid groups (broad SMARTS) is 1. The van der Waals surface area contributed by atoms with Gasteiger partial charge in [0.2, 0.25) is 0 Å². The Labute approximate surface area is 151 Å². The number of anilines is 1. The first kappa shape index (κ1) is 18.9. The molecule has 0 fully saturated rings. The molecule has 1 heterocycles. The van der Waals surface area contributed by atoms with Crippen LogP contribution in [0.4, 0.5) is 5.13 Å². The summed E-state index contributed by atoms with van der Waals surface area (Å²) in [6.45, 7) is 7.41. The number of aliphatic carboxylic acids is 1. The molecule has 0 aliphatic carbocycles. The third kappa shape index (κ3) is 4.79. The fourth-order valence-corrected chi connectivity index (χ4v) is 3.35. The molecule has 2 aromatic rings. The maximum absolute atomic E-state index is 12.2. The highest BCUT2D eigenvalue weighted by molar-refractivity contribution is 7.15. The number of carbonyl (C=O) groups excluding carboxylic acids is 1. The van der Waals surface area contributed by atoms with E-state index in [0.717, 1.165) is 22.9 Å². The van der Waals surface area contributed by atoms with Gasteiger partial charge in [-0.3, -0.25) is 9.59 Å². The molecule has 0 bridgehead atoms. The van der Waals surface area contributed by atoms with E-state index in [-0.39, 0.29) is 12.5 Å². The fourth-order valence-electron chi connectivity index (χ4n) is 2.37. The van der Waals surface area contributed by atoms with Crippen molar-refractivity contribution in [2.45, 2.75) is 27.3 Å². The van der Waals surface area contributed by atoms with Crippen LogP contribution in [0.5, 0.6) is 0 Å². The summed E-state index contributed by atoms with van der Waals surface area (Å²) in [5.74, 6) is -1.33. The molecule has 1 aromatic heterocycles. The molecule has 0 radical (unpaired) electrons. The zero-order chi connectivity index (χ0) is 18.6. The van der Waals surface area contributed by atoms with Crippen LogP contribution in [0.15, 0.2) is 24.3 Å². The number of thiazole rings is 1. The Morgan fingerprint density at radius 1 is 1.20 bits per heavy atom. The van der Waals surface area contributed by atoms with E-state index < -0.39 is 5.97 Å². The number of carbonyl (C=O) groups is 2. The number of rotatable bonds is 7. The van der Waals surface area contributed by atoms with Gasteiger partial charge in [0.15, 0.2) is 5.13 Å². The fraction of sp³-hybridized carbons (Fsp3) is 0.389. The van der Waals surface area contributed by atoms with Crippen molar-refractivity contribution in [3.05, 3.63) is 46.0 Å². The van der Waals surface area contributed by atoms with E-state index in [9.17, 15) is 9.59 Å². The molecule has 6 nitrogen and oxygen atoms in total. The number of amides is 1. The van der Waals surface area contributed by atoms with E-state index in [4.69, 9.17) is 5.11 Å². The molecular weight excluding hydrogens is 338 g/mol. The minimum Gasteiger partial charge on any atom is -0.480 e. The van der Waals surface area contributed by atoms with Crippen LogP contribution >= 0.6 is 11.3 Å². The Morgan fingerprint density at radius 3 is 2.32 bits per heavy atom. The van der Waals surface area contributed by atoms with Gasteiger partial charge < -0.3 is 14.9 Å². The molecule has 1 aromatic carbocycles. The van der Waals surface area contributed by atoms with Crippen molar-refractivity contribution < 1.29 is 14.7 Å². The van der Waals surface area contributed by atoms with Gasteiger partial charge in [-0.05, 0) is 38.5 Å². The molecule has 0 spiro atoms. The smallest absolute Gasteiger partial charge is 0.323 e. The summed E-state index contributed by atoms with van der Waals surface area (Å²) in [5, 5.41) is 9.77. The Morgan fingerprint density at radius 2 is 1.84 bits per heavy atom. The lowest BCUT2D eigenvalue weighted by atomic mass is 10.1. The van der Waals surface area contributed by atoms with E-state index in [1.807, 2.05) is 19.1 Å². The van der Waals surface area contributed by atoms with Crippen molar-refractivity contribution >= 4 is 28.3 Å². The second kappa shape index (κ2) is 8.11. The third-order valence-electron chi connectivity index (χ3n) is 3.96. The average Bonchev–Trinajstić information content (AvgIpc) is 2.90. The minimum atomic E-state index is -1.03. The lowest BCUT2D eigenvalue weighted by Crippen LogP contribution is -2.31. The zero-order valence-electron chi connectivity index (χ0n) is 14.9. The molecule has 7 heteroatoms. The molecule has 0 saturated heterocycles. The monoisotopic (exact) mass is 361 g/mol. The molecule has 0 aliphatic heterocycles. The number of nitrogens with zero attached hydrogens (tertiary/aromatic N) is 3. The van der Waals surface area contributed by atoms with Gasteiger partial charge in [0.1, 0.15) is 6.54 Å². The van der Waals surface area contributed by atoms with E-state index in [0.29, 0.717) is 12.1 Å². The zero-order valence-corrected chi connectivity index (χ0v) is 15.8. The molecule has 0 aliphatic rings. The predicted molar refractivity (Wildman–Crippen MR) is 99.4 cm³/mol. The average molecular weight is 361 g/mol. The highest BCUT2D eigenvalue weighted by Gasteiger charge is 2.15. The van der Waals surface area contributed by atoms with Crippen molar-refractivity contribution in [1.82, 2.24) is 9.88 Å². The van der Waals surface area contributed by atoms with Crippen LogP contribution < -0.4 is 4.90 Å². The van der Waals surface area contributed by atoms with Gasteiger partial charge in [-0.2, -0.15) is 0 Å². The van der Waals surface area contributed by atoms with Gasteiger partial charge >= 0.3 is 5.97 Å². The van der Waals surface area contributed by atoms with Gasteiger partial charge in [0.05, 0.1) is 5.69 Å². The van der Waals surface area contributed by atoms with Crippen molar-refractivity contribution in [3.63, 3.8) is 0 Å². The second-order valence-electron chi connectivity index (χ2n) is 5.90. The molecule has 25 heavy (non-hydrogen) atoms. The summed E-state index contributed by atoms with van der Waals surface area (Å²) in [6, 6.07) is 7.28.